The van der Waals surface area contributed by atoms with Crippen molar-refractivity contribution in [1.29, 1.82) is 0 Å². The largest absolute Gasteiger partial charge is 0.370 e. The Morgan fingerprint density at radius 3 is 2.81 bits per heavy atom. The number of para-hydroxylation sites is 1. The average molecular weight is 306 g/mol. The maximum atomic E-state index is 11.4. The zero-order chi connectivity index (χ0) is 12.1. The molecule has 16 heavy (non-hydrogen) atoms. The first-order valence-electron chi connectivity index (χ1n) is 4.29. The summed E-state index contributed by atoms with van der Waals surface area (Å²) in [6, 6.07) is 4.69. The predicted molar refractivity (Wildman–Crippen MR) is 68.9 cm³/mol. The Morgan fingerprint density at radius 1 is 1.56 bits per heavy atom. The van der Waals surface area contributed by atoms with Crippen molar-refractivity contribution < 1.29 is 4.79 Å². The van der Waals surface area contributed by atoms with Gasteiger partial charge in [-0.3, -0.25) is 10.3 Å². The molecule has 7 heteroatoms. The van der Waals surface area contributed by atoms with Gasteiger partial charge in [0, 0.05) is 11.5 Å². The third-order valence-corrected chi connectivity index (χ3v) is 2.66. The number of anilines is 1. The summed E-state index contributed by atoms with van der Waals surface area (Å²) < 4.78 is 0.683. The number of aliphatic imine (C=N–C) groups is 1. The first kappa shape index (κ1) is 12.8. The van der Waals surface area contributed by atoms with Gasteiger partial charge in [0.25, 0.3) is 0 Å². The van der Waals surface area contributed by atoms with Crippen LogP contribution in [0.4, 0.5) is 10.5 Å². The van der Waals surface area contributed by atoms with Gasteiger partial charge in [-0.05, 0) is 28.1 Å². The number of rotatable bonds is 1. The molecule has 0 aliphatic rings. The van der Waals surface area contributed by atoms with Crippen molar-refractivity contribution in [2.45, 2.75) is 0 Å². The van der Waals surface area contributed by atoms with Crippen molar-refractivity contribution >= 4 is 45.2 Å². The fourth-order valence-corrected chi connectivity index (χ4v) is 1.74. The second kappa shape index (κ2) is 5.72. The summed E-state index contributed by atoms with van der Waals surface area (Å²) in [5.41, 5.74) is 5.81. The molecule has 0 aliphatic heterocycles. The number of urea groups is 1. The third kappa shape index (κ3) is 3.39. The number of carbonyl (C=O) groups is 1. The van der Waals surface area contributed by atoms with Crippen LogP contribution in [0.1, 0.15) is 0 Å². The molecule has 0 radical (unpaired) electrons. The van der Waals surface area contributed by atoms with Crippen molar-refractivity contribution in [3.63, 3.8) is 0 Å². The van der Waals surface area contributed by atoms with Crippen molar-refractivity contribution in [1.82, 2.24) is 5.32 Å². The van der Waals surface area contributed by atoms with E-state index in [-0.39, 0.29) is 5.96 Å². The molecule has 0 aliphatic carbocycles. The molecule has 1 aromatic carbocycles. The summed E-state index contributed by atoms with van der Waals surface area (Å²) >= 11 is 9.18. The van der Waals surface area contributed by atoms with Crippen LogP contribution in [-0.2, 0) is 0 Å². The lowest BCUT2D eigenvalue weighted by atomic mass is 10.3. The molecule has 1 rings (SSSR count). The van der Waals surface area contributed by atoms with E-state index in [1.165, 1.54) is 7.05 Å². The first-order valence-corrected chi connectivity index (χ1v) is 5.46. The number of nitrogens with one attached hydrogen (secondary N) is 2. The monoisotopic (exact) mass is 304 g/mol. The Balaban J connectivity index is 2.77. The van der Waals surface area contributed by atoms with Crippen LogP contribution >= 0.6 is 27.5 Å². The number of hydrogen-bond donors (Lipinski definition) is 3. The van der Waals surface area contributed by atoms with Crippen LogP contribution in [0.2, 0.25) is 5.02 Å². The quantitative estimate of drug-likeness (QED) is 0.549. The highest BCUT2D eigenvalue weighted by Crippen LogP contribution is 2.29. The fourth-order valence-electron chi connectivity index (χ4n) is 0.934. The number of carbonyl (C=O) groups excluding carboxylic acids is 1. The third-order valence-electron chi connectivity index (χ3n) is 1.68. The van der Waals surface area contributed by atoms with E-state index in [0.717, 1.165) is 0 Å². The summed E-state index contributed by atoms with van der Waals surface area (Å²) in [4.78, 5) is 15.0. The minimum absolute atomic E-state index is 0.0284. The molecular formula is C9H10BrClN4O. The number of benzene rings is 1. The SMILES string of the molecule is CN=C(N)NC(=O)Nc1c(Cl)cccc1Br. The van der Waals surface area contributed by atoms with E-state index < -0.39 is 6.03 Å². The molecule has 5 nitrogen and oxygen atoms in total. The van der Waals surface area contributed by atoms with E-state index in [2.05, 4.69) is 31.6 Å². The molecule has 0 saturated carbocycles. The first-order chi connectivity index (χ1) is 7.54. The number of nitrogens with two attached hydrogens (primary N) is 1. The van der Waals surface area contributed by atoms with Crippen LogP contribution in [-0.4, -0.2) is 19.0 Å². The van der Waals surface area contributed by atoms with E-state index in [1.54, 1.807) is 18.2 Å². The Bertz CT molecular complexity index is 415. The molecular weight excluding hydrogens is 295 g/mol. The second-order valence-corrected chi connectivity index (χ2v) is 4.05. The van der Waals surface area contributed by atoms with Crippen LogP contribution in [0.5, 0.6) is 0 Å². The number of guanidine groups is 1. The normalized spacial score (nSPS) is 11.1. The van der Waals surface area contributed by atoms with Gasteiger partial charge in [0.05, 0.1) is 10.7 Å². The number of halogens is 2. The van der Waals surface area contributed by atoms with Crippen molar-refractivity contribution in [2.75, 3.05) is 12.4 Å². The van der Waals surface area contributed by atoms with Crippen molar-refractivity contribution in [2.24, 2.45) is 10.7 Å². The Kier molecular flexibility index (Phi) is 4.57. The summed E-state index contributed by atoms with van der Waals surface area (Å²) in [7, 11) is 1.47. The van der Waals surface area contributed by atoms with Gasteiger partial charge in [-0.2, -0.15) is 0 Å². The van der Waals surface area contributed by atoms with Gasteiger partial charge in [0.2, 0.25) is 0 Å². The van der Waals surface area contributed by atoms with Crippen LogP contribution in [0, 0.1) is 0 Å². The molecule has 0 unspecified atom stereocenters. The Labute approximate surface area is 106 Å². The van der Waals surface area contributed by atoms with Crippen LogP contribution in [0.3, 0.4) is 0 Å². The van der Waals surface area contributed by atoms with Gasteiger partial charge in [0.15, 0.2) is 5.96 Å². The number of nitrogens with zero attached hydrogens (tertiary/aromatic N) is 1. The minimum Gasteiger partial charge on any atom is -0.370 e. The van der Waals surface area contributed by atoms with E-state index in [1.807, 2.05) is 0 Å². The van der Waals surface area contributed by atoms with Gasteiger partial charge in [0.1, 0.15) is 0 Å². The standard InChI is InChI=1S/C9H10BrClN4O/c1-13-8(12)15-9(16)14-7-5(10)3-2-4-6(7)11/h2-4H,1H3,(H4,12,13,14,15,16). The van der Waals surface area contributed by atoms with E-state index in [4.69, 9.17) is 17.3 Å². The number of amides is 2. The Hall–Kier alpha value is -1.27. The molecule has 0 saturated heterocycles. The molecule has 0 fully saturated rings. The van der Waals surface area contributed by atoms with Crippen molar-refractivity contribution in [3.05, 3.63) is 27.7 Å². The molecule has 0 heterocycles. The highest BCUT2D eigenvalue weighted by molar-refractivity contribution is 9.10. The number of hydrogen-bond acceptors (Lipinski definition) is 2. The fraction of sp³-hybridized carbons (Fsp3) is 0.111. The zero-order valence-corrected chi connectivity index (χ0v) is 10.8. The van der Waals surface area contributed by atoms with E-state index in [9.17, 15) is 4.79 Å². The summed E-state index contributed by atoms with van der Waals surface area (Å²) in [6.45, 7) is 0. The lowest BCUT2D eigenvalue weighted by molar-refractivity contribution is 0.256. The maximum absolute atomic E-state index is 11.4. The summed E-state index contributed by atoms with van der Waals surface area (Å²) in [5.74, 6) is 0.0284. The van der Waals surface area contributed by atoms with Crippen LogP contribution in [0.25, 0.3) is 0 Å². The average Bonchev–Trinajstić information content (AvgIpc) is 2.23. The molecule has 0 bridgehead atoms. The minimum atomic E-state index is -0.503. The zero-order valence-electron chi connectivity index (χ0n) is 8.42. The van der Waals surface area contributed by atoms with Gasteiger partial charge in [-0.15, -0.1) is 0 Å². The lowest BCUT2D eigenvalue weighted by Gasteiger charge is -2.09. The van der Waals surface area contributed by atoms with E-state index >= 15 is 0 Å². The molecule has 0 spiro atoms. The highest BCUT2D eigenvalue weighted by Gasteiger charge is 2.09. The maximum Gasteiger partial charge on any atom is 0.326 e. The summed E-state index contributed by atoms with van der Waals surface area (Å²) in [6.07, 6.45) is 0. The highest BCUT2D eigenvalue weighted by atomic mass is 79.9. The molecule has 2 amide bonds. The lowest BCUT2D eigenvalue weighted by Crippen LogP contribution is -2.39. The smallest absolute Gasteiger partial charge is 0.326 e. The molecule has 1 aromatic rings. The molecule has 0 atom stereocenters. The van der Waals surface area contributed by atoms with Gasteiger partial charge < -0.3 is 11.1 Å². The molecule has 4 N–H and O–H groups in total. The second-order valence-electron chi connectivity index (χ2n) is 2.78. The van der Waals surface area contributed by atoms with Crippen LogP contribution < -0.4 is 16.4 Å². The van der Waals surface area contributed by atoms with Crippen LogP contribution in [0.15, 0.2) is 27.7 Å². The van der Waals surface area contributed by atoms with Gasteiger partial charge in [-0.1, -0.05) is 17.7 Å². The summed E-state index contributed by atoms with van der Waals surface area (Å²) in [5, 5.41) is 5.31. The van der Waals surface area contributed by atoms with Gasteiger partial charge in [-0.25, -0.2) is 4.79 Å². The molecule has 0 aromatic heterocycles. The topological polar surface area (TPSA) is 79.5 Å². The molecule has 86 valence electrons. The predicted octanol–water partition coefficient (Wildman–Crippen LogP) is 2.17. The van der Waals surface area contributed by atoms with E-state index in [0.29, 0.717) is 15.2 Å². The van der Waals surface area contributed by atoms with Gasteiger partial charge >= 0.3 is 6.03 Å². The Morgan fingerprint density at radius 2 is 2.25 bits per heavy atom. The van der Waals surface area contributed by atoms with Crippen molar-refractivity contribution in [3.8, 4) is 0 Å².